The Morgan fingerprint density at radius 3 is 2.82 bits per heavy atom. The van der Waals surface area contributed by atoms with E-state index in [0.29, 0.717) is 5.88 Å². The van der Waals surface area contributed by atoms with E-state index in [2.05, 4.69) is 34.8 Å². The molecule has 0 saturated carbocycles. The van der Waals surface area contributed by atoms with E-state index in [1.54, 1.807) is 11.3 Å². The van der Waals surface area contributed by atoms with Crippen LogP contribution in [0.25, 0.3) is 5.57 Å². The molecule has 11 heavy (non-hydrogen) atoms. The van der Waals surface area contributed by atoms with Crippen LogP contribution in [0.3, 0.4) is 0 Å². The van der Waals surface area contributed by atoms with E-state index in [9.17, 15) is 0 Å². The summed E-state index contributed by atoms with van der Waals surface area (Å²) in [6, 6.07) is 0. The van der Waals surface area contributed by atoms with E-state index in [4.69, 9.17) is 11.6 Å². The molecule has 1 rings (SSSR count). The van der Waals surface area contributed by atoms with Gasteiger partial charge in [-0.15, -0.1) is 22.9 Å². The molecule has 0 bridgehead atoms. The van der Waals surface area contributed by atoms with Crippen LogP contribution < -0.4 is 0 Å². The summed E-state index contributed by atoms with van der Waals surface area (Å²) in [7, 11) is 0. The zero-order chi connectivity index (χ0) is 8.43. The Balaban J connectivity index is 3.04. The van der Waals surface area contributed by atoms with Crippen molar-refractivity contribution >= 4 is 44.4 Å². The molecule has 0 aromatic carbocycles. The lowest BCUT2D eigenvalue weighted by Gasteiger charge is -1.97. The van der Waals surface area contributed by atoms with Crippen LogP contribution in [0.15, 0.2) is 16.4 Å². The maximum absolute atomic E-state index is 5.65. The van der Waals surface area contributed by atoms with Crippen molar-refractivity contribution in [2.75, 3.05) is 5.88 Å². The largest absolute Gasteiger partial charge is 0.143 e. The average Bonchev–Trinajstić information content (AvgIpc) is 2.32. The molecule has 1 aromatic heterocycles. The van der Waals surface area contributed by atoms with E-state index < -0.39 is 0 Å². The Morgan fingerprint density at radius 1 is 1.82 bits per heavy atom. The van der Waals surface area contributed by atoms with Crippen LogP contribution in [0.4, 0.5) is 0 Å². The van der Waals surface area contributed by atoms with Crippen molar-refractivity contribution < 1.29 is 0 Å². The highest BCUT2D eigenvalue weighted by atomic mass is 79.9. The highest BCUT2D eigenvalue weighted by molar-refractivity contribution is 9.10. The maximum atomic E-state index is 5.65. The topological polar surface area (TPSA) is 0 Å². The first-order chi connectivity index (χ1) is 5.16. The Kier molecular flexibility index (Phi) is 3.16. The predicted octanol–water partition coefficient (Wildman–Crippen LogP) is 4.07. The average molecular weight is 252 g/mol. The minimum absolute atomic E-state index is 0.499. The monoisotopic (exact) mass is 250 g/mol. The minimum Gasteiger partial charge on any atom is -0.143 e. The lowest BCUT2D eigenvalue weighted by Crippen LogP contribution is -1.79. The van der Waals surface area contributed by atoms with Crippen molar-refractivity contribution in [1.82, 2.24) is 0 Å². The molecular formula is C8H8BrClS. The van der Waals surface area contributed by atoms with Crippen LogP contribution in [0.2, 0.25) is 0 Å². The van der Waals surface area contributed by atoms with Gasteiger partial charge in [0.05, 0.1) is 0 Å². The summed E-state index contributed by atoms with van der Waals surface area (Å²) in [4.78, 5) is 1.16. The quantitative estimate of drug-likeness (QED) is 0.695. The van der Waals surface area contributed by atoms with Crippen molar-refractivity contribution in [2.24, 2.45) is 0 Å². The summed E-state index contributed by atoms with van der Waals surface area (Å²) in [5.41, 5.74) is 2.23. The lowest BCUT2D eigenvalue weighted by molar-refractivity contribution is 1.50. The molecule has 0 unspecified atom stereocenters. The second-order valence-corrected chi connectivity index (χ2v) is 4.24. The summed E-state index contributed by atoms with van der Waals surface area (Å²) in [5, 5.41) is 2.09. The molecule has 1 heterocycles. The minimum atomic E-state index is 0.499. The number of hydrogen-bond donors (Lipinski definition) is 0. The summed E-state index contributed by atoms with van der Waals surface area (Å²) in [6.45, 7) is 5.93. The molecule has 0 radical (unpaired) electrons. The van der Waals surface area contributed by atoms with Gasteiger partial charge in [-0.3, -0.25) is 0 Å². The summed E-state index contributed by atoms with van der Waals surface area (Å²) in [5.74, 6) is 0.499. The van der Waals surface area contributed by atoms with E-state index in [0.717, 1.165) is 14.9 Å². The Bertz CT molecular complexity index is 278. The number of aryl methyl sites for hydroxylation is 1. The normalized spacial score (nSPS) is 10.1. The molecule has 0 spiro atoms. The number of allylic oxidation sites excluding steroid dienone is 1. The van der Waals surface area contributed by atoms with Crippen molar-refractivity contribution in [3.05, 3.63) is 26.9 Å². The molecule has 0 aliphatic carbocycles. The highest BCUT2D eigenvalue weighted by Crippen LogP contribution is 2.32. The molecular weight excluding hydrogens is 244 g/mol. The van der Waals surface area contributed by atoms with E-state index in [1.807, 2.05) is 0 Å². The molecule has 3 heteroatoms. The molecule has 0 aliphatic rings. The van der Waals surface area contributed by atoms with Crippen LogP contribution in [0.5, 0.6) is 0 Å². The number of halogens is 2. The van der Waals surface area contributed by atoms with E-state index in [-0.39, 0.29) is 0 Å². The Hall–Kier alpha value is 0.210. The standard InChI is InChI=1S/C8H8BrClS/c1-5(3-10)8-7(9)6(2)4-11-8/h4H,1,3H2,2H3. The molecule has 0 N–H and O–H groups in total. The summed E-state index contributed by atoms with van der Waals surface area (Å²) in [6.07, 6.45) is 0. The SMILES string of the molecule is C=C(CCl)c1scc(C)c1Br. The first kappa shape index (κ1) is 9.30. The van der Waals surface area contributed by atoms with Crippen LogP contribution in [0.1, 0.15) is 10.4 Å². The van der Waals surface area contributed by atoms with Gasteiger partial charge in [-0.1, -0.05) is 6.58 Å². The number of rotatable bonds is 2. The molecule has 1 aromatic rings. The number of hydrogen-bond acceptors (Lipinski definition) is 1. The van der Waals surface area contributed by atoms with Gasteiger partial charge in [-0.25, -0.2) is 0 Å². The van der Waals surface area contributed by atoms with Gasteiger partial charge in [-0.2, -0.15) is 0 Å². The fourth-order valence-corrected chi connectivity index (χ4v) is 2.68. The maximum Gasteiger partial charge on any atom is 0.0482 e. The molecule has 60 valence electrons. The third-order valence-electron chi connectivity index (χ3n) is 1.38. The zero-order valence-electron chi connectivity index (χ0n) is 6.16. The van der Waals surface area contributed by atoms with Crippen LogP contribution >= 0.6 is 38.9 Å². The molecule has 0 aliphatic heterocycles. The smallest absolute Gasteiger partial charge is 0.0482 e. The summed E-state index contributed by atoms with van der Waals surface area (Å²) < 4.78 is 1.13. The first-order valence-corrected chi connectivity index (χ1v) is 5.35. The van der Waals surface area contributed by atoms with Crippen LogP contribution in [-0.4, -0.2) is 5.88 Å². The Labute approximate surface area is 84.0 Å². The van der Waals surface area contributed by atoms with E-state index >= 15 is 0 Å². The van der Waals surface area contributed by atoms with Gasteiger partial charge in [0.2, 0.25) is 0 Å². The molecule has 0 saturated heterocycles. The van der Waals surface area contributed by atoms with Gasteiger partial charge in [0.15, 0.2) is 0 Å². The second-order valence-electron chi connectivity index (χ2n) is 2.30. The molecule has 0 amide bonds. The van der Waals surface area contributed by atoms with Crippen LogP contribution in [0, 0.1) is 6.92 Å². The second kappa shape index (κ2) is 3.74. The van der Waals surface area contributed by atoms with Crippen molar-refractivity contribution in [3.8, 4) is 0 Å². The van der Waals surface area contributed by atoms with E-state index in [1.165, 1.54) is 5.56 Å². The molecule has 0 atom stereocenters. The fourth-order valence-electron chi connectivity index (χ4n) is 0.729. The van der Waals surface area contributed by atoms with Crippen LogP contribution in [-0.2, 0) is 0 Å². The third kappa shape index (κ3) is 1.86. The van der Waals surface area contributed by atoms with Gasteiger partial charge >= 0.3 is 0 Å². The van der Waals surface area contributed by atoms with Gasteiger partial charge in [0, 0.05) is 15.2 Å². The summed E-state index contributed by atoms with van der Waals surface area (Å²) >= 11 is 10.8. The van der Waals surface area contributed by atoms with Crippen molar-refractivity contribution in [2.45, 2.75) is 6.92 Å². The number of alkyl halides is 1. The molecule has 0 nitrogen and oxygen atoms in total. The highest BCUT2D eigenvalue weighted by Gasteiger charge is 2.07. The van der Waals surface area contributed by atoms with Crippen molar-refractivity contribution in [1.29, 1.82) is 0 Å². The van der Waals surface area contributed by atoms with Gasteiger partial charge < -0.3 is 0 Å². The lowest BCUT2D eigenvalue weighted by atomic mass is 10.2. The first-order valence-electron chi connectivity index (χ1n) is 3.14. The predicted molar refractivity (Wildman–Crippen MR) is 56.5 cm³/mol. The Morgan fingerprint density at radius 2 is 2.45 bits per heavy atom. The third-order valence-corrected chi connectivity index (χ3v) is 4.19. The van der Waals surface area contributed by atoms with Gasteiger partial charge in [0.25, 0.3) is 0 Å². The van der Waals surface area contributed by atoms with Crippen molar-refractivity contribution in [3.63, 3.8) is 0 Å². The van der Waals surface area contributed by atoms with Gasteiger partial charge in [0.1, 0.15) is 0 Å². The fraction of sp³-hybridized carbons (Fsp3) is 0.250. The van der Waals surface area contributed by atoms with Gasteiger partial charge in [-0.05, 0) is 39.4 Å². The number of thiophene rings is 1. The molecule has 0 fully saturated rings. The zero-order valence-corrected chi connectivity index (χ0v) is 9.31.